The zero-order chi connectivity index (χ0) is 18.4. The van der Waals surface area contributed by atoms with Crippen LogP contribution in [0.15, 0.2) is 42.5 Å². The maximum Gasteiger partial charge on any atom is 0.161 e. The fourth-order valence-electron chi connectivity index (χ4n) is 2.49. The van der Waals surface area contributed by atoms with Crippen LogP contribution in [0.2, 0.25) is 0 Å². The first-order valence-corrected chi connectivity index (χ1v) is 7.71. The molecule has 0 amide bonds. The molecule has 0 saturated heterocycles. The molecule has 0 unspecified atom stereocenters. The van der Waals surface area contributed by atoms with Crippen LogP contribution in [0.25, 0.3) is 6.08 Å². The van der Waals surface area contributed by atoms with E-state index in [0.717, 1.165) is 5.56 Å². The van der Waals surface area contributed by atoms with E-state index in [4.69, 9.17) is 9.47 Å². The zero-order valence-electron chi connectivity index (χ0n) is 14.1. The summed E-state index contributed by atoms with van der Waals surface area (Å²) in [7, 11) is 2.90. The summed E-state index contributed by atoms with van der Waals surface area (Å²) in [4.78, 5) is 0. The predicted octanol–water partition coefficient (Wildman–Crippen LogP) is 2.27. The Morgan fingerprint density at radius 2 is 1.56 bits per heavy atom. The van der Waals surface area contributed by atoms with Gasteiger partial charge < -0.3 is 29.9 Å². The van der Waals surface area contributed by atoms with Gasteiger partial charge in [-0.2, -0.15) is 0 Å². The Balaban J connectivity index is 2.35. The topological polar surface area (TPSA) is 99.4 Å². The number of aromatic hydroxyl groups is 2. The summed E-state index contributed by atoms with van der Waals surface area (Å²) in [5.41, 5.74) is 1.44. The van der Waals surface area contributed by atoms with Gasteiger partial charge in [0, 0.05) is 5.92 Å². The second-order valence-electron chi connectivity index (χ2n) is 5.50. The first-order chi connectivity index (χ1) is 12.0. The largest absolute Gasteiger partial charge is 0.504 e. The Morgan fingerprint density at radius 3 is 2.16 bits per heavy atom. The molecule has 2 aromatic rings. The standard InChI is InChI=1S/C19H22O6/c1-24-18-9-12(4-7-15(18)21)3-6-14(17(23)11-20)13-5-8-16(22)19(10-13)25-2/h3-10,14,17,20-23H,11H2,1-2H3/b6-3+/t14-,17+/m1/s1. The van der Waals surface area contributed by atoms with E-state index in [1.165, 1.54) is 26.4 Å². The summed E-state index contributed by atoms with van der Waals surface area (Å²) in [5.74, 6) is 0.143. The fraction of sp³-hybridized carbons (Fsp3) is 0.263. The lowest BCUT2D eigenvalue weighted by Crippen LogP contribution is -2.21. The van der Waals surface area contributed by atoms with Crippen LogP contribution >= 0.6 is 0 Å². The fourth-order valence-corrected chi connectivity index (χ4v) is 2.49. The highest BCUT2D eigenvalue weighted by Crippen LogP contribution is 2.32. The quantitative estimate of drug-likeness (QED) is 0.614. The lowest BCUT2D eigenvalue weighted by atomic mass is 9.92. The molecule has 0 spiro atoms. The number of rotatable bonds is 7. The maximum absolute atomic E-state index is 10.2. The van der Waals surface area contributed by atoms with Crippen LogP contribution in [0.1, 0.15) is 17.0 Å². The lowest BCUT2D eigenvalue weighted by molar-refractivity contribution is 0.0842. The van der Waals surface area contributed by atoms with Crippen molar-refractivity contribution in [3.05, 3.63) is 53.6 Å². The highest BCUT2D eigenvalue weighted by molar-refractivity contribution is 5.57. The van der Waals surface area contributed by atoms with Crippen molar-refractivity contribution < 1.29 is 29.9 Å². The monoisotopic (exact) mass is 346 g/mol. The molecule has 0 radical (unpaired) electrons. The van der Waals surface area contributed by atoms with Gasteiger partial charge in [-0.15, -0.1) is 0 Å². The molecule has 0 bridgehead atoms. The van der Waals surface area contributed by atoms with Crippen molar-refractivity contribution in [3.8, 4) is 23.0 Å². The van der Waals surface area contributed by atoms with E-state index >= 15 is 0 Å². The Kier molecular flexibility index (Phi) is 6.27. The smallest absolute Gasteiger partial charge is 0.161 e. The van der Waals surface area contributed by atoms with E-state index in [-0.39, 0.29) is 17.2 Å². The Labute approximate surface area is 146 Å². The van der Waals surface area contributed by atoms with Gasteiger partial charge in [-0.25, -0.2) is 0 Å². The molecule has 0 heterocycles. The lowest BCUT2D eigenvalue weighted by Gasteiger charge is -2.19. The number of aliphatic hydroxyl groups is 2. The van der Waals surface area contributed by atoms with E-state index in [1.807, 2.05) is 0 Å². The van der Waals surface area contributed by atoms with Crippen LogP contribution in [0.5, 0.6) is 23.0 Å². The molecule has 0 aliphatic heterocycles. The molecule has 4 N–H and O–H groups in total. The average Bonchev–Trinajstić information content (AvgIpc) is 2.63. The van der Waals surface area contributed by atoms with Gasteiger partial charge in [-0.1, -0.05) is 24.3 Å². The molecular formula is C19H22O6. The van der Waals surface area contributed by atoms with Crippen molar-refractivity contribution in [1.82, 2.24) is 0 Å². The molecule has 0 aliphatic rings. The summed E-state index contributed by atoms with van der Waals surface area (Å²) in [5, 5.41) is 38.9. The Morgan fingerprint density at radius 1 is 0.960 bits per heavy atom. The highest BCUT2D eigenvalue weighted by atomic mass is 16.5. The minimum atomic E-state index is -1.02. The molecule has 6 nitrogen and oxygen atoms in total. The van der Waals surface area contributed by atoms with E-state index in [1.54, 1.807) is 36.4 Å². The van der Waals surface area contributed by atoms with E-state index in [2.05, 4.69) is 0 Å². The minimum Gasteiger partial charge on any atom is -0.504 e. The Hall–Kier alpha value is -2.70. The number of aliphatic hydroxyl groups excluding tert-OH is 2. The maximum atomic E-state index is 10.2. The highest BCUT2D eigenvalue weighted by Gasteiger charge is 2.19. The molecule has 2 rings (SSSR count). The second-order valence-corrected chi connectivity index (χ2v) is 5.50. The normalized spacial score (nSPS) is 13.6. The second kappa shape index (κ2) is 8.41. The third-order valence-electron chi connectivity index (χ3n) is 3.89. The average molecular weight is 346 g/mol. The molecular weight excluding hydrogens is 324 g/mol. The number of phenolic OH excluding ortho intramolecular Hbond substituents is 2. The van der Waals surface area contributed by atoms with Gasteiger partial charge in [-0.3, -0.25) is 0 Å². The molecule has 0 fully saturated rings. The molecule has 134 valence electrons. The summed E-state index contributed by atoms with van der Waals surface area (Å²) >= 11 is 0. The van der Waals surface area contributed by atoms with Gasteiger partial charge in [0.25, 0.3) is 0 Å². The molecule has 2 aromatic carbocycles. The van der Waals surface area contributed by atoms with Gasteiger partial charge in [0.15, 0.2) is 23.0 Å². The van der Waals surface area contributed by atoms with Crippen LogP contribution < -0.4 is 9.47 Å². The van der Waals surface area contributed by atoms with Crippen LogP contribution in [-0.2, 0) is 0 Å². The molecule has 2 atom stereocenters. The van der Waals surface area contributed by atoms with Gasteiger partial charge in [0.05, 0.1) is 26.9 Å². The van der Waals surface area contributed by atoms with Crippen LogP contribution in [-0.4, -0.2) is 47.4 Å². The first-order valence-electron chi connectivity index (χ1n) is 7.71. The summed E-state index contributed by atoms with van der Waals surface area (Å²) in [6.07, 6.45) is 2.47. The summed E-state index contributed by atoms with van der Waals surface area (Å²) in [6, 6.07) is 9.62. The number of benzene rings is 2. The van der Waals surface area contributed by atoms with Gasteiger partial charge >= 0.3 is 0 Å². The number of ether oxygens (including phenoxy) is 2. The molecule has 0 aliphatic carbocycles. The van der Waals surface area contributed by atoms with Gasteiger partial charge in [-0.05, 0) is 35.4 Å². The first kappa shape index (κ1) is 18.6. The van der Waals surface area contributed by atoms with Crippen molar-refractivity contribution >= 4 is 6.08 Å². The van der Waals surface area contributed by atoms with Crippen LogP contribution in [0, 0.1) is 0 Å². The SMILES string of the molecule is COc1cc(/C=C/[C@H](c2ccc(O)c(OC)c2)[C@@H](O)CO)ccc1O. The van der Waals surface area contributed by atoms with Crippen LogP contribution in [0.4, 0.5) is 0 Å². The Bertz CT molecular complexity index is 741. The summed E-state index contributed by atoms with van der Waals surface area (Å²) in [6.45, 7) is -0.420. The summed E-state index contributed by atoms with van der Waals surface area (Å²) < 4.78 is 10.2. The van der Waals surface area contributed by atoms with E-state index < -0.39 is 18.6 Å². The zero-order valence-corrected chi connectivity index (χ0v) is 14.1. The van der Waals surface area contributed by atoms with Crippen molar-refractivity contribution in [1.29, 1.82) is 0 Å². The number of phenols is 2. The van der Waals surface area contributed by atoms with Gasteiger partial charge in [0.2, 0.25) is 0 Å². The molecule has 0 aromatic heterocycles. The third-order valence-corrected chi connectivity index (χ3v) is 3.89. The van der Waals surface area contributed by atoms with Crippen LogP contribution in [0.3, 0.4) is 0 Å². The van der Waals surface area contributed by atoms with Crippen molar-refractivity contribution in [2.24, 2.45) is 0 Å². The minimum absolute atomic E-state index is 0.00395. The van der Waals surface area contributed by atoms with Crippen molar-refractivity contribution in [2.45, 2.75) is 12.0 Å². The predicted molar refractivity (Wildman–Crippen MR) is 94.2 cm³/mol. The number of hydrogen-bond donors (Lipinski definition) is 4. The third kappa shape index (κ3) is 4.43. The van der Waals surface area contributed by atoms with E-state index in [0.29, 0.717) is 11.3 Å². The molecule has 0 saturated carbocycles. The number of methoxy groups -OCH3 is 2. The van der Waals surface area contributed by atoms with Crippen molar-refractivity contribution in [3.63, 3.8) is 0 Å². The van der Waals surface area contributed by atoms with E-state index in [9.17, 15) is 20.4 Å². The molecule has 25 heavy (non-hydrogen) atoms. The van der Waals surface area contributed by atoms with Gasteiger partial charge in [0.1, 0.15) is 0 Å². The molecule has 6 heteroatoms. The van der Waals surface area contributed by atoms with Crippen molar-refractivity contribution in [2.75, 3.05) is 20.8 Å². The number of hydrogen-bond acceptors (Lipinski definition) is 6.